The third-order valence-corrected chi connectivity index (χ3v) is 1.65. The van der Waals surface area contributed by atoms with Crippen molar-refractivity contribution in [3.8, 4) is 0 Å². The lowest BCUT2D eigenvalue weighted by Gasteiger charge is -2.20. The Bertz CT molecular complexity index is 181. The summed E-state index contributed by atoms with van der Waals surface area (Å²) < 4.78 is 5.08. The molecule has 0 heterocycles. The van der Waals surface area contributed by atoms with Gasteiger partial charge in [-0.3, -0.25) is 0 Å². The molecule has 3 N–H and O–H groups in total. The molecule has 0 aliphatic heterocycles. The van der Waals surface area contributed by atoms with Crippen LogP contribution in [0.15, 0.2) is 0 Å². The highest BCUT2D eigenvalue weighted by molar-refractivity contribution is 5.85. The molecular formula is C10H23ClN2O2. The summed E-state index contributed by atoms with van der Waals surface area (Å²) in [4.78, 5) is 11.2. The van der Waals surface area contributed by atoms with Crippen LogP contribution >= 0.6 is 12.4 Å². The zero-order valence-corrected chi connectivity index (χ0v) is 10.8. The topological polar surface area (TPSA) is 64.3 Å². The van der Waals surface area contributed by atoms with Crippen molar-refractivity contribution < 1.29 is 9.53 Å². The van der Waals surface area contributed by atoms with Crippen molar-refractivity contribution in [3.05, 3.63) is 0 Å². The zero-order valence-electron chi connectivity index (χ0n) is 10.0. The molecule has 0 aromatic heterocycles. The van der Waals surface area contributed by atoms with E-state index in [1.54, 1.807) is 0 Å². The van der Waals surface area contributed by atoms with Crippen LogP contribution in [0.3, 0.4) is 0 Å². The highest BCUT2D eigenvalue weighted by Crippen LogP contribution is 2.06. The van der Waals surface area contributed by atoms with Crippen LogP contribution in [0.5, 0.6) is 0 Å². The van der Waals surface area contributed by atoms with Gasteiger partial charge in [-0.05, 0) is 39.7 Å². The van der Waals surface area contributed by atoms with Gasteiger partial charge in [-0.15, -0.1) is 12.4 Å². The minimum Gasteiger partial charge on any atom is -0.444 e. The predicted molar refractivity (Wildman–Crippen MR) is 64.3 cm³/mol. The third-order valence-electron chi connectivity index (χ3n) is 1.65. The third kappa shape index (κ3) is 11.4. The van der Waals surface area contributed by atoms with Crippen molar-refractivity contribution >= 4 is 18.5 Å². The molecule has 0 fully saturated rings. The van der Waals surface area contributed by atoms with Gasteiger partial charge in [0, 0.05) is 6.54 Å². The molecule has 92 valence electrons. The van der Waals surface area contributed by atoms with Gasteiger partial charge in [0.15, 0.2) is 0 Å². The fourth-order valence-electron chi connectivity index (χ4n) is 0.958. The molecule has 0 saturated carbocycles. The van der Waals surface area contributed by atoms with E-state index in [0.29, 0.717) is 19.0 Å². The molecule has 0 aromatic rings. The molecule has 5 heteroatoms. The lowest BCUT2D eigenvalue weighted by molar-refractivity contribution is 0.0520. The number of alkyl carbamates (subject to hydrolysis) is 1. The SMILES string of the molecule is C[C@@H](CCN)CNC(=O)OC(C)(C)C.Cl. The smallest absolute Gasteiger partial charge is 0.407 e. The van der Waals surface area contributed by atoms with Gasteiger partial charge in [-0.2, -0.15) is 0 Å². The Hall–Kier alpha value is -0.480. The number of hydrogen-bond acceptors (Lipinski definition) is 3. The number of carbonyl (C=O) groups is 1. The molecule has 0 saturated heterocycles. The van der Waals surface area contributed by atoms with Crippen molar-refractivity contribution in [1.82, 2.24) is 5.32 Å². The standard InChI is InChI=1S/C10H22N2O2.ClH/c1-8(5-6-11)7-12-9(13)14-10(2,3)4;/h8H,5-7,11H2,1-4H3,(H,12,13);1H/t8-;/m0./s1. The van der Waals surface area contributed by atoms with E-state index in [-0.39, 0.29) is 18.5 Å². The van der Waals surface area contributed by atoms with Crippen molar-refractivity contribution in [3.63, 3.8) is 0 Å². The average molecular weight is 239 g/mol. The minimum absolute atomic E-state index is 0. The monoisotopic (exact) mass is 238 g/mol. The Balaban J connectivity index is 0. The van der Waals surface area contributed by atoms with Gasteiger partial charge in [0.2, 0.25) is 0 Å². The number of amides is 1. The van der Waals surface area contributed by atoms with E-state index in [4.69, 9.17) is 10.5 Å². The summed E-state index contributed by atoms with van der Waals surface area (Å²) in [5.74, 6) is 0.396. The van der Waals surface area contributed by atoms with Gasteiger partial charge in [-0.1, -0.05) is 6.92 Å². The Labute approximate surface area is 98.3 Å². The van der Waals surface area contributed by atoms with Crippen LogP contribution in [0.4, 0.5) is 4.79 Å². The lowest BCUT2D eigenvalue weighted by atomic mass is 10.1. The molecule has 4 nitrogen and oxygen atoms in total. The summed E-state index contributed by atoms with van der Waals surface area (Å²) in [6.45, 7) is 8.84. The first-order chi connectivity index (χ1) is 6.35. The second-order valence-corrected chi connectivity index (χ2v) is 4.57. The van der Waals surface area contributed by atoms with E-state index < -0.39 is 5.60 Å². The van der Waals surface area contributed by atoms with E-state index in [9.17, 15) is 4.79 Å². The highest BCUT2D eigenvalue weighted by atomic mass is 35.5. The van der Waals surface area contributed by atoms with Gasteiger partial charge in [-0.25, -0.2) is 4.79 Å². The molecular weight excluding hydrogens is 216 g/mol. The quantitative estimate of drug-likeness (QED) is 0.787. The molecule has 1 amide bonds. The van der Waals surface area contributed by atoms with Crippen LogP contribution < -0.4 is 11.1 Å². The van der Waals surface area contributed by atoms with E-state index in [1.165, 1.54) is 0 Å². The van der Waals surface area contributed by atoms with Crippen molar-refractivity contribution in [2.75, 3.05) is 13.1 Å². The molecule has 15 heavy (non-hydrogen) atoms. The van der Waals surface area contributed by atoms with Gasteiger partial charge < -0.3 is 15.8 Å². The molecule has 0 aliphatic carbocycles. The second kappa shape index (κ2) is 7.77. The number of halogens is 1. The summed E-state index contributed by atoms with van der Waals surface area (Å²) in [6.07, 6.45) is 0.553. The average Bonchev–Trinajstić information content (AvgIpc) is 1.98. The lowest BCUT2D eigenvalue weighted by Crippen LogP contribution is -2.35. The highest BCUT2D eigenvalue weighted by Gasteiger charge is 2.16. The van der Waals surface area contributed by atoms with Crippen LogP contribution in [0.2, 0.25) is 0 Å². The molecule has 0 bridgehead atoms. The zero-order chi connectivity index (χ0) is 11.2. The van der Waals surface area contributed by atoms with Crippen LogP contribution in [0.1, 0.15) is 34.1 Å². The summed E-state index contributed by atoms with van der Waals surface area (Å²) in [7, 11) is 0. The van der Waals surface area contributed by atoms with Crippen molar-refractivity contribution in [2.45, 2.75) is 39.7 Å². The largest absolute Gasteiger partial charge is 0.444 e. The molecule has 0 rings (SSSR count). The summed E-state index contributed by atoms with van der Waals surface area (Å²) in [5.41, 5.74) is 4.96. The molecule has 0 aliphatic rings. The van der Waals surface area contributed by atoms with E-state index >= 15 is 0 Å². The van der Waals surface area contributed by atoms with Crippen LogP contribution in [-0.2, 0) is 4.74 Å². The van der Waals surface area contributed by atoms with Crippen molar-refractivity contribution in [1.29, 1.82) is 0 Å². The van der Waals surface area contributed by atoms with Gasteiger partial charge in [0.1, 0.15) is 5.60 Å². The Morgan fingerprint density at radius 3 is 2.40 bits per heavy atom. The van der Waals surface area contributed by atoms with E-state index in [0.717, 1.165) is 6.42 Å². The molecule has 0 radical (unpaired) electrons. The number of nitrogens with two attached hydrogens (primary N) is 1. The van der Waals surface area contributed by atoms with Crippen LogP contribution in [0, 0.1) is 5.92 Å². The number of hydrogen-bond donors (Lipinski definition) is 2. The Morgan fingerprint density at radius 1 is 1.47 bits per heavy atom. The van der Waals surface area contributed by atoms with E-state index in [2.05, 4.69) is 5.32 Å². The predicted octanol–water partition coefficient (Wildman–Crippen LogP) is 1.92. The van der Waals surface area contributed by atoms with E-state index in [1.807, 2.05) is 27.7 Å². The first-order valence-corrected chi connectivity index (χ1v) is 5.02. The summed E-state index contributed by atoms with van der Waals surface area (Å²) in [6, 6.07) is 0. The fraction of sp³-hybridized carbons (Fsp3) is 0.900. The molecule has 0 unspecified atom stereocenters. The molecule has 0 spiro atoms. The molecule has 1 atom stereocenters. The maximum atomic E-state index is 11.2. The maximum Gasteiger partial charge on any atom is 0.407 e. The number of ether oxygens (including phenoxy) is 1. The minimum atomic E-state index is -0.429. The number of nitrogens with one attached hydrogen (secondary N) is 1. The number of rotatable bonds is 4. The van der Waals surface area contributed by atoms with Crippen molar-refractivity contribution in [2.24, 2.45) is 11.7 Å². The summed E-state index contributed by atoms with van der Waals surface area (Å²) in [5, 5.41) is 2.71. The molecule has 0 aromatic carbocycles. The Kier molecular flexibility index (Phi) is 8.77. The van der Waals surface area contributed by atoms with Gasteiger partial charge >= 0.3 is 6.09 Å². The number of carbonyl (C=O) groups excluding carboxylic acids is 1. The fourth-order valence-corrected chi connectivity index (χ4v) is 0.958. The first kappa shape index (κ1) is 16.9. The van der Waals surface area contributed by atoms with Gasteiger partial charge in [0.25, 0.3) is 0 Å². The Morgan fingerprint density at radius 2 is 2.00 bits per heavy atom. The van der Waals surface area contributed by atoms with Crippen LogP contribution in [-0.4, -0.2) is 24.8 Å². The normalized spacial score (nSPS) is 12.6. The summed E-state index contributed by atoms with van der Waals surface area (Å²) >= 11 is 0. The van der Waals surface area contributed by atoms with Gasteiger partial charge in [0.05, 0.1) is 0 Å². The first-order valence-electron chi connectivity index (χ1n) is 5.02. The second-order valence-electron chi connectivity index (χ2n) is 4.57. The maximum absolute atomic E-state index is 11.2. The van der Waals surface area contributed by atoms with Crippen LogP contribution in [0.25, 0.3) is 0 Å².